The Morgan fingerprint density at radius 2 is 2.16 bits per heavy atom. The molecule has 1 fully saturated rings. The lowest BCUT2D eigenvalue weighted by Gasteiger charge is -2.21. The minimum Gasteiger partial charge on any atom is -0.468 e. The van der Waals surface area contributed by atoms with Gasteiger partial charge in [0.1, 0.15) is 5.41 Å². The molecule has 19 heavy (non-hydrogen) atoms. The molecular formula is C14H18N2O3. The smallest absolute Gasteiger partial charge is 0.321 e. The number of carbonyl (C=O) groups is 2. The van der Waals surface area contributed by atoms with Crippen LogP contribution in [0.5, 0.6) is 0 Å². The van der Waals surface area contributed by atoms with Gasteiger partial charge in [-0.1, -0.05) is 6.07 Å². The van der Waals surface area contributed by atoms with E-state index in [0.717, 1.165) is 5.69 Å². The van der Waals surface area contributed by atoms with E-state index < -0.39 is 11.4 Å². The highest BCUT2D eigenvalue weighted by molar-refractivity contribution is 6.05. The van der Waals surface area contributed by atoms with Crippen LogP contribution in [0.15, 0.2) is 24.4 Å². The Kier molecular flexibility index (Phi) is 3.83. The fourth-order valence-corrected chi connectivity index (χ4v) is 2.12. The van der Waals surface area contributed by atoms with E-state index in [2.05, 4.69) is 4.98 Å². The number of rotatable bonds is 5. The molecular weight excluding hydrogens is 244 g/mol. The summed E-state index contributed by atoms with van der Waals surface area (Å²) in [5.74, 6) is -0.558. The van der Waals surface area contributed by atoms with Crippen LogP contribution in [0.3, 0.4) is 0 Å². The third kappa shape index (κ3) is 2.75. The van der Waals surface area contributed by atoms with Crippen molar-refractivity contribution in [1.29, 1.82) is 0 Å². The lowest BCUT2D eigenvalue weighted by molar-refractivity contribution is -0.155. The summed E-state index contributed by atoms with van der Waals surface area (Å²) in [4.78, 5) is 29.7. The van der Waals surface area contributed by atoms with E-state index in [4.69, 9.17) is 4.74 Å². The maximum absolute atomic E-state index is 12.3. The number of likely N-dealkylation sites (N-methyl/N-ethyl adjacent to an activating group) is 1. The van der Waals surface area contributed by atoms with Crippen molar-refractivity contribution in [3.63, 3.8) is 0 Å². The Hall–Kier alpha value is -1.91. The third-order valence-corrected chi connectivity index (χ3v) is 3.51. The summed E-state index contributed by atoms with van der Waals surface area (Å²) in [5, 5.41) is 0. The van der Waals surface area contributed by atoms with Gasteiger partial charge in [-0.05, 0) is 25.0 Å². The van der Waals surface area contributed by atoms with E-state index in [1.54, 1.807) is 18.1 Å². The molecule has 0 aliphatic heterocycles. The first kappa shape index (κ1) is 13.5. The Morgan fingerprint density at radius 1 is 1.42 bits per heavy atom. The average molecular weight is 262 g/mol. The summed E-state index contributed by atoms with van der Waals surface area (Å²) in [7, 11) is 3.04. The van der Waals surface area contributed by atoms with Crippen molar-refractivity contribution in [3.8, 4) is 0 Å². The Bertz CT molecular complexity index is 469. The van der Waals surface area contributed by atoms with Gasteiger partial charge in [0, 0.05) is 31.9 Å². The van der Waals surface area contributed by atoms with E-state index in [1.165, 1.54) is 7.11 Å². The molecule has 0 unspecified atom stereocenters. The van der Waals surface area contributed by atoms with Crippen LogP contribution in [0.2, 0.25) is 0 Å². The first-order valence-electron chi connectivity index (χ1n) is 6.34. The molecule has 2 rings (SSSR count). The van der Waals surface area contributed by atoms with Gasteiger partial charge in [0.05, 0.1) is 7.11 Å². The highest BCUT2D eigenvalue weighted by Gasteiger charge is 2.58. The van der Waals surface area contributed by atoms with Crippen LogP contribution in [0, 0.1) is 5.41 Å². The molecule has 1 heterocycles. The summed E-state index contributed by atoms with van der Waals surface area (Å²) in [6.07, 6.45) is 3.59. The number of esters is 1. The van der Waals surface area contributed by atoms with Crippen molar-refractivity contribution in [2.75, 3.05) is 20.7 Å². The van der Waals surface area contributed by atoms with E-state index >= 15 is 0 Å². The van der Waals surface area contributed by atoms with E-state index in [1.807, 2.05) is 18.2 Å². The van der Waals surface area contributed by atoms with Crippen LogP contribution in [0.1, 0.15) is 18.5 Å². The van der Waals surface area contributed by atoms with E-state index in [9.17, 15) is 9.59 Å². The van der Waals surface area contributed by atoms with Crippen molar-refractivity contribution in [1.82, 2.24) is 9.88 Å². The zero-order valence-electron chi connectivity index (χ0n) is 11.3. The SMILES string of the molecule is COC(=O)C1(C(=O)N(C)CCc2ccccn2)CC1. The number of hydrogen-bond acceptors (Lipinski definition) is 4. The van der Waals surface area contributed by atoms with Crippen LogP contribution in [-0.4, -0.2) is 42.5 Å². The zero-order chi connectivity index (χ0) is 13.9. The molecule has 1 amide bonds. The van der Waals surface area contributed by atoms with Gasteiger partial charge in [0.25, 0.3) is 0 Å². The first-order chi connectivity index (χ1) is 9.10. The minimum atomic E-state index is -0.909. The van der Waals surface area contributed by atoms with Gasteiger partial charge in [-0.25, -0.2) is 0 Å². The number of amides is 1. The number of pyridine rings is 1. The zero-order valence-corrected chi connectivity index (χ0v) is 11.3. The van der Waals surface area contributed by atoms with Gasteiger partial charge in [0.2, 0.25) is 5.91 Å². The Labute approximate surface area is 112 Å². The Morgan fingerprint density at radius 3 is 2.68 bits per heavy atom. The molecule has 102 valence electrons. The molecule has 0 atom stereocenters. The van der Waals surface area contributed by atoms with E-state index in [-0.39, 0.29) is 5.91 Å². The molecule has 0 N–H and O–H groups in total. The van der Waals surface area contributed by atoms with Gasteiger partial charge in [-0.3, -0.25) is 14.6 Å². The van der Waals surface area contributed by atoms with Crippen LogP contribution in [0.25, 0.3) is 0 Å². The largest absolute Gasteiger partial charge is 0.468 e. The summed E-state index contributed by atoms with van der Waals surface area (Å²) < 4.78 is 4.71. The van der Waals surface area contributed by atoms with Crippen molar-refractivity contribution in [3.05, 3.63) is 30.1 Å². The maximum Gasteiger partial charge on any atom is 0.321 e. The molecule has 0 bridgehead atoms. The van der Waals surface area contributed by atoms with Crippen molar-refractivity contribution >= 4 is 11.9 Å². The number of carbonyl (C=O) groups excluding carboxylic acids is 2. The monoisotopic (exact) mass is 262 g/mol. The second kappa shape index (κ2) is 5.38. The van der Waals surface area contributed by atoms with Gasteiger partial charge in [-0.2, -0.15) is 0 Å². The van der Waals surface area contributed by atoms with Crippen molar-refractivity contribution in [2.24, 2.45) is 5.41 Å². The number of nitrogens with zero attached hydrogens (tertiary/aromatic N) is 2. The van der Waals surface area contributed by atoms with Gasteiger partial charge in [-0.15, -0.1) is 0 Å². The van der Waals surface area contributed by atoms with Gasteiger partial charge >= 0.3 is 5.97 Å². The van der Waals surface area contributed by atoms with Crippen LogP contribution < -0.4 is 0 Å². The molecule has 1 aliphatic rings. The lowest BCUT2D eigenvalue weighted by atomic mass is 10.1. The molecule has 1 aliphatic carbocycles. The summed E-state index contributed by atoms with van der Waals surface area (Å²) in [6, 6.07) is 5.70. The molecule has 0 spiro atoms. The fourth-order valence-electron chi connectivity index (χ4n) is 2.12. The van der Waals surface area contributed by atoms with Crippen molar-refractivity contribution in [2.45, 2.75) is 19.3 Å². The molecule has 1 aromatic rings. The van der Waals surface area contributed by atoms with Gasteiger partial charge < -0.3 is 9.64 Å². The molecule has 1 saturated carbocycles. The first-order valence-corrected chi connectivity index (χ1v) is 6.34. The lowest BCUT2D eigenvalue weighted by Crippen LogP contribution is -2.40. The van der Waals surface area contributed by atoms with Crippen LogP contribution in [0.4, 0.5) is 0 Å². The van der Waals surface area contributed by atoms with Crippen LogP contribution >= 0.6 is 0 Å². The van der Waals surface area contributed by atoms with Crippen molar-refractivity contribution < 1.29 is 14.3 Å². The van der Waals surface area contributed by atoms with E-state index in [0.29, 0.717) is 25.8 Å². The topological polar surface area (TPSA) is 59.5 Å². The average Bonchev–Trinajstić information content (AvgIpc) is 3.25. The fraction of sp³-hybridized carbons (Fsp3) is 0.500. The second-order valence-corrected chi connectivity index (χ2v) is 4.87. The summed E-state index contributed by atoms with van der Waals surface area (Å²) >= 11 is 0. The molecule has 5 nitrogen and oxygen atoms in total. The summed E-state index contributed by atoms with van der Waals surface area (Å²) in [6.45, 7) is 0.550. The number of hydrogen-bond donors (Lipinski definition) is 0. The third-order valence-electron chi connectivity index (χ3n) is 3.51. The van der Waals surface area contributed by atoms with Crippen LogP contribution in [-0.2, 0) is 20.7 Å². The second-order valence-electron chi connectivity index (χ2n) is 4.87. The standard InChI is InChI=1S/C14H18N2O3/c1-16(10-6-11-5-3-4-9-15-11)12(17)14(7-8-14)13(18)19-2/h3-5,9H,6-8,10H2,1-2H3. The highest BCUT2D eigenvalue weighted by atomic mass is 16.5. The highest BCUT2D eigenvalue weighted by Crippen LogP contribution is 2.48. The molecule has 0 aromatic carbocycles. The molecule has 0 saturated heterocycles. The maximum atomic E-state index is 12.3. The number of ether oxygens (including phenoxy) is 1. The number of aromatic nitrogens is 1. The minimum absolute atomic E-state index is 0.143. The molecule has 5 heteroatoms. The predicted molar refractivity (Wildman–Crippen MR) is 69.3 cm³/mol. The Balaban J connectivity index is 1.92. The molecule has 1 aromatic heterocycles. The molecule has 0 radical (unpaired) electrons. The normalized spacial score (nSPS) is 15.7. The summed E-state index contributed by atoms with van der Waals surface area (Å²) in [5.41, 5.74) is 0.0261. The van der Waals surface area contributed by atoms with Gasteiger partial charge in [0.15, 0.2) is 0 Å². The number of methoxy groups -OCH3 is 1. The predicted octanol–water partition coefficient (Wildman–Crippen LogP) is 1.04. The quantitative estimate of drug-likeness (QED) is 0.587.